The van der Waals surface area contributed by atoms with Gasteiger partial charge in [0.05, 0.1) is 10.4 Å². The van der Waals surface area contributed by atoms with Gasteiger partial charge in [-0.15, -0.1) is 11.3 Å². The normalized spacial score (nSPS) is 10.6. The minimum Gasteiger partial charge on any atom is -0.297 e. The number of nitrogens with zero attached hydrogens (tertiary/aromatic N) is 1. The third-order valence-electron chi connectivity index (χ3n) is 2.64. The first-order valence-electron chi connectivity index (χ1n) is 5.27. The summed E-state index contributed by atoms with van der Waals surface area (Å²) in [4.78, 5) is 16.9. The molecule has 0 N–H and O–H groups in total. The van der Waals surface area contributed by atoms with E-state index in [2.05, 4.69) is 4.98 Å². The Morgan fingerprint density at radius 1 is 1.06 bits per heavy atom. The summed E-state index contributed by atoms with van der Waals surface area (Å²) in [6.07, 6.45) is 2.67. The summed E-state index contributed by atoms with van der Waals surface area (Å²) in [6, 6.07) is 13.9. The summed E-state index contributed by atoms with van der Waals surface area (Å²) >= 11 is 1.49. The van der Waals surface area contributed by atoms with Gasteiger partial charge < -0.3 is 0 Å². The zero-order chi connectivity index (χ0) is 11.7. The molecule has 2 aromatic heterocycles. The van der Waals surface area contributed by atoms with Crippen LogP contribution in [0, 0.1) is 0 Å². The van der Waals surface area contributed by atoms with Crippen LogP contribution in [0.2, 0.25) is 0 Å². The summed E-state index contributed by atoms with van der Waals surface area (Å²) < 4.78 is 0. The van der Waals surface area contributed by atoms with Crippen molar-refractivity contribution in [2.75, 3.05) is 0 Å². The molecule has 0 unspecified atom stereocenters. The molecule has 2 nitrogen and oxygen atoms in total. The van der Waals surface area contributed by atoms with E-state index >= 15 is 0 Å². The van der Waals surface area contributed by atoms with E-state index in [0.717, 1.165) is 32.5 Å². The van der Waals surface area contributed by atoms with Crippen LogP contribution in [0.3, 0.4) is 0 Å². The van der Waals surface area contributed by atoms with Crippen molar-refractivity contribution in [2.45, 2.75) is 0 Å². The lowest BCUT2D eigenvalue weighted by molar-refractivity contribution is 0.112. The Bertz CT molecular complexity index is 682. The topological polar surface area (TPSA) is 30.0 Å². The van der Waals surface area contributed by atoms with E-state index in [9.17, 15) is 4.79 Å². The van der Waals surface area contributed by atoms with Crippen LogP contribution in [0.25, 0.3) is 21.3 Å². The average Bonchev–Trinajstić information content (AvgIpc) is 2.87. The van der Waals surface area contributed by atoms with Crippen LogP contribution in [0.1, 0.15) is 9.67 Å². The number of aromatic nitrogens is 1. The van der Waals surface area contributed by atoms with Gasteiger partial charge in [-0.05, 0) is 18.2 Å². The number of carbonyl (C=O) groups excluding carboxylic acids is 1. The molecular weight excluding hydrogens is 230 g/mol. The minimum absolute atomic E-state index is 0.743. The summed E-state index contributed by atoms with van der Waals surface area (Å²) in [5.74, 6) is 0. The molecule has 0 aliphatic heterocycles. The second-order valence-electron chi connectivity index (χ2n) is 3.70. The maximum atomic E-state index is 10.7. The predicted octanol–water partition coefficient (Wildman–Crippen LogP) is 3.78. The first kappa shape index (κ1) is 10.2. The number of aldehydes is 1. The number of pyridine rings is 1. The number of thiophene rings is 1. The quantitative estimate of drug-likeness (QED) is 0.637. The molecule has 17 heavy (non-hydrogen) atoms. The molecule has 3 rings (SSSR count). The lowest BCUT2D eigenvalue weighted by atomic mass is 10.1. The van der Waals surface area contributed by atoms with Gasteiger partial charge in [0.2, 0.25) is 0 Å². The predicted molar refractivity (Wildman–Crippen MR) is 70.4 cm³/mol. The third kappa shape index (κ3) is 1.74. The van der Waals surface area contributed by atoms with Crippen molar-refractivity contribution in [1.29, 1.82) is 0 Å². The van der Waals surface area contributed by atoms with E-state index in [1.165, 1.54) is 11.3 Å². The Hall–Kier alpha value is -2.00. The number of fused-ring (bicyclic) bond motifs is 1. The number of rotatable bonds is 2. The van der Waals surface area contributed by atoms with Gasteiger partial charge in [0, 0.05) is 22.0 Å². The van der Waals surface area contributed by atoms with Crippen molar-refractivity contribution in [3.05, 3.63) is 53.5 Å². The average molecular weight is 239 g/mol. The van der Waals surface area contributed by atoms with Crippen molar-refractivity contribution in [2.24, 2.45) is 0 Å². The van der Waals surface area contributed by atoms with Gasteiger partial charge in [0.25, 0.3) is 0 Å². The SMILES string of the molecule is O=Cc1ccc(-c2cccc3cccnc23)s1. The molecule has 0 radical (unpaired) electrons. The summed E-state index contributed by atoms with van der Waals surface area (Å²) in [6.45, 7) is 0. The number of hydrogen-bond donors (Lipinski definition) is 0. The minimum atomic E-state index is 0.743. The van der Waals surface area contributed by atoms with Crippen molar-refractivity contribution >= 4 is 28.5 Å². The van der Waals surface area contributed by atoms with Crippen LogP contribution in [-0.2, 0) is 0 Å². The van der Waals surface area contributed by atoms with E-state index in [-0.39, 0.29) is 0 Å². The molecule has 3 heteroatoms. The number of carbonyl (C=O) groups is 1. The molecule has 0 saturated heterocycles. The second kappa shape index (κ2) is 4.11. The molecule has 2 heterocycles. The molecule has 3 aromatic rings. The van der Waals surface area contributed by atoms with Crippen molar-refractivity contribution in [3.63, 3.8) is 0 Å². The fourth-order valence-corrected chi connectivity index (χ4v) is 2.71. The summed E-state index contributed by atoms with van der Waals surface area (Å²) in [5, 5.41) is 1.12. The Labute approximate surface area is 103 Å². The zero-order valence-corrected chi connectivity index (χ0v) is 9.78. The summed E-state index contributed by atoms with van der Waals surface area (Å²) in [7, 11) is 0. The first-order chi connectivity index (χ1) is 8.38. The van der Waals surface area contributed by atoms with Gasteiger partial charge >= 0.3 is 0 Å². The summed E-state index contributed by atoms with van der Waals surface area (Å²) in [5.41, 5.74) is 2.07. The molecule has 82 valence electrons. The van der Waals surface area contributed by atoms with Crippen LogP contribution in [0.4, 0.5) is 0 Å². The van der Waals surface area contributed by atoms with Gasteiger partial charge in [-0.1, -0.05) is 24.3 Å². The number of benzene rings is 1. The Kier molecular flexibility index (Phi) is 2.46. The molecule has 0 bridgehead atoms. The van der Waals surface area contributed by atoms with Gasteiger partial charge in [0.1, 0.15) is 0 Å². The maximum absolute atomic E-state index is 10.7. The van der Waals surface area contributed by atoms with Gasteiger partial charge in [-0.25, -0.2) is 0 Å². The van der Waals surface area contributed by atoms with E-state index in [1.54, 1.807) is 6.20 Å². The molecule has 0 amide bonds. The van der Waals surface area contributed by atoms with Gasteiger partial charge in [-0.2, -0.15) is 0 Å². The third-order valence-corrected chi connectivity index (χ3v) is 3.69. The molecule has 0 aliphatic rings. The fraction of sp³-hybridized carbons (Fsp3) is 0. The van der Waals surface area contributed by atoms with E-state index in [0.29, 0.717) is 0 Å². The monoisotopic (exact) mass is 239 g/mol. The lowest BCUT2D eigenvalue weighted by Gasteiger charge is -2.02. The molecule has 0 aliphatic carbocycles. The number of hydrogen-bond acceptors (Lipinski definition) is 3. The highest BCUT2D eigenvalue weighted by Gasteiger charge is 2.06. The van der Waals surface area contributed by atoms with E-state index < -0.39 is 0 Å². The Morgan fingerprint density at radius 3 is 2.76 bits per heavy atom. The van der Waals surface area contributed by atoms with Crippen LogP contribution in [-0.4, -0.2) is 11.3 Å². The highest BCUT2D eigenvalue weighted by atomic mass is 32.1. The largest absolute Gasteiger partial charge is 0.297 e. The zero-order valence-electron chi connectivity index (χ0n) is 8.96. The standard InChI is InChI=1S/C14H9NOS/c16-9-11-6-7-13(17-11)12-5-1-3-10-4-2-8-15-14(10)12/h1-9H. The smallest absolute Gasteiger partial charge is 0.160 e. The Balaban J connectivity index is 2.26. The van der Waals surface area contributed by atoms with Crippen LogP contribution < -0.4 is 0 Å². The Morgan fingerprint density at radius 2 is 1.94 bits per heavy atom. The van der Waals surface area contributed by atoms with E-state index in [1.807, 2.05) is 42.5 Å². The van der Waals surface area contributed by atoms with E-state index in [4.69, 9.17) is 0 Å². The van der Waals surface area contributed by atoms with Gasteiger partial charge in [0.15, 0.2) is 6.29 Å². The molecule has 0 spiro atoms. The fourth-order valence-electron chi connectivity index (χ4n) is 1.86. The van der Waals surface area contributed by atoms with Crippen molar-refractivity contribution in [1.82, 2.24) is 4.98 Å². The van der Waals surface area contributed by atoms with Crippen LogP contribution in [0.5, 0.6) is 0 Å². The highest BCUT2D eigenvalue weighted by molar-refractivity contribution is 7.17. The molecule has 0 fully saturated rings. The highest BCUT2D eigenvalue weighted by Crippen LogP contribution is 2.31. The molecule has 0 atom stereocenters. The second-order valence-corrected chi connectivity index (χ2v) is 4.82. The van der Waals surface area contributed by atoms with Crippen molar-refractivity contribution < 1.29 is 4.79 Å². The maximum Gasteiger partial charge on any atom is 0.160 e. The van der Waals surface area contributed by atoms with Crippen LogP contribution in [0.15, 0.2) is 48.7 Å². The first-order valence-corrected chi connectivity index (χ1v) is 6.09. The lowest BCUT2D eigenvalue weighted by Crippen LogP contribution is -1.81. The van der Waals surface area contributed by atoms with Crippen molar-refractivity contribution in [3.8, 4) is 10.4 Å². The molecule has 1 aromatic carbocycles. The van der Waals surface area contributed by atoms with Gasteiger partial charge in [-0.3, -0.25) is 9.78 Å². The molecule has 0 saturated carbocycles. The molecular formula is C14H9NOS. The van der Waals surface area contributed by atoms with Crippen LogP contribution >= 0.6 is 11.3 Å². The number of para-hydroxylation sites is 1.